The zero-order chi connectivity index (χ0) is 14.7. The third-order valence-electron chi connectivity index (χ3n) is 2.88. The van der Waals surface area contributed by atoms with Crippen LogP contribution >= 0.6 is 11.6 Å². The lowest BCUT2D eigenvalue weighted by Crippen LogP contribution is -2.25. The van der Waals surface area contributed by atoms with Crippen molar-refractivity contribution < 1.29 is 13.6 Å². The first-order valence-electron chi connectivity index (χ1n) is 6.17. The monoisotopic (exact) mass is 301 g/mol. The predicted molar refractivity (Wildman–Crippen MR) is 72.8 cm³/mol. The Balaban J connectivity index is 2.42. The molecule has 0 bridgehead atoms. The van der Waals surface area contributed by atoms with Crippen LogP contribution in [0, 0.1) is 11.6 Å². The quantitative estimate of drug-likeness (QED) is 0.861. The van der Waals surface area contributed by atoms with E-state index in [9.17, 15) is 13.6 Å². The highest BCUT2D eigenvalue weighted by Crippen LogP contribution is 2.21. The summed E-state index contributed by atoms with van der Waals surface area (Å²) in [4.78, 5) is 15.0. The summed E-state index contributed by atoms with van der Waals surface area (Å²) in [6.07, 6.45) is 0.442. The summed E-state index contributed by atoms with van der Waals surface area (Å²) in [6.45, 7) is 2.14. The van der Waals surface area contributed by atoms with Gasteiger partial charge in [-0.05, 0) is 6.07 Å². The smallest absolute Gasteiger partial charge is 0.216 e. The molecule has 7 heteroatoms. The number of halogens is 3. The molecule has 0 saturated heterocycles. The lowest BCUT2D eigenvalue weighted by atomic mass is 10.3. The second-order valence-electron chi connectivity index (χ2n) is 4.36. The topological polar surface area (TPSA) is 46.9 Å². The lowest BCUT2D eigenvalue weighted by Gasteiger charge is -2.09. The molecule has 0 radical (unpaired) electrons. The van der Waals surface area contributed by atoms with Crippen molar-refractivity contribution >= 4 is 28.5 Å². The van der Waals surface area contributed by atoms with Crippen LogP contribution in [0.3, 0.4) is 0 Å². The van der Waals surface area contributed by atoms with Gasteiger partial charge in [0, 0.05) is 38.4 Å². The van der Waals surface area contributed by atoms with Crippen molar-refractivity contribution in [2.45, 2.75) is 19.9 Å². The number of nitrogens with zero attached hydrogens (tertiary/aromatic N) is 2. The molecule has 0 unspecified atom stereocenters. The first kappa shape index (κ1) is 14.7. The summed E-state index contributed by atoms with van der Waals surface area (Å²) in [7, 11) is 0. The van der Waals surface area contributed by atoms with Crippen molar-refractivity contribution in [3.8, 4) is 0 Å². The molecule has 0 aliphatic rings. The van der Waals surface area contributed by atoms with E-state index in [2.05, 4.69) is 10.3 Å². The number of aryl methyl sites for hydroxylation is 1. The Morgan fingerprint density at radius 2 is 2.20 bits per heavy atom. The van der Waals surface area contributed by atoms with Crippen molar-refractivity contribution in [3.05, 3.63) is 29.6 Å². The van der Waals surface area contributed by atoms with Gasteiger partial charge >= 0.3 is 0 Å². The number of hydrogen-bond acceptors (Lipinski definition) is 2. The number of fused-ring (bicyclic) bond motifs is 1. The van der Waals surface area contributed by atoms with E-state index in [0.717, 1.165) is 6.07 Å². The predicted octanol–water partition coefficient (Wildman–Crippen LogP) is 2.23. The summed E-state index contributed by atoms with van der Waals surface area (Å²) >= 11 is 5.70. The Labute approximate surface area is 119 Å². The maximum Gasteiger partial charge on any atom is 0.216 e. The molecule has 1 aromatic carbocycles. The molecule has 108 valence electrons. The number of carbonyl (C=O) groups excluding carboxylic acids is 1. The van der Waals surface area contributed by atoms with E-state index in [4.69, 9.17) is 11.6 Å². The molecular formula is C13H14ClF2N3O. The van der Waals surface area contributed by atoms with Crippen molar-refractivity contribution in [2.75, 3.05) is 12.4 Å². The molecule has 0 fully saturated rings. The van der Waals surface area contributed by atoms with Crippen LogP contribution in [0.1, 0.15) is 12.7 Å². The van der Waals surface area contributed by atoms with Gasteiger partial charge in [-0.3, -0.25) is 4.79 Å². The van der Waals surface area contributed by atoms with Crippen LogP contribution < -0.4 is 5.32 Å². The first-order valence-corrected chi connectivity index (χ1v) is 6.71. The fraction of sp³-hybridized carbons (Fsp3) is 0.385. The van der Waals surface area contributed by atoms with Crippen LogP contribution in [0.25, 0.3) is 11.0 Å². The molecule has 20 heavy (non-hydrogen) atoms. The van der Waals surface area contributed by atoms with Crippen LogP contribution in [0.4, 0.5) is 8.78 Å². The summed E-state index contributed by atoms with van der Waals surface area (Å²) in [5.74, 6) is -0.620. The molecule has 0 aliphatic heterocycles. The normalized spacial score (nSPS) is 11.0. The standard InChI is InChI=1S/C13H14ClF2N3O/c1-8(20)17-4-5-19-11-7-9(15)6-10(16)13(11)18-12(19)2-3-14/h6-7H,2-5H2,1H3,(H,17,20). The number of carbonyl (C=O) groups is 1. The fourth-order valence-corrected chi connectivity index (χ4v) is 2.23. The molecule has 1 heterocycles. The van der Waals surface area contributed by atoms with E-state index >= 15 is 0 Å². The van der Waals surface area contributed by atoms with Crippen molar-refractivity contribution in [3.63, 3.8) is 0 Å². The number of aromatic nitrogens is 2. The van der Waals surface area contributed by atoms with Gasteiger partial charge < -0.3 is 9.88 Å². The van der Waals surface area contributed by atoms with E-state index in [1.807, 2.05) is 0 Å². The van der Waals surface area contributed by atoms with Crippen LogP contribution in [-0.4, -0.2) is 27.9 Å². The van der Waals surface area contributed by atoms with Crippen LogP contribution in [0.5, 0.6) is 0 Å². The number of benzene rings is 1. The molecule has 0 spiro atoms. The zero-order valence-electron chi connectivity index (χ0n) is 10.9. The maximum atomic E-state index is 13.7. The third kappa shape index (κ3) is 3.07. The number of amides is 1. The summed E-state index contributed by atoms with van der Waals surface area (Å²) < 4.78 is 28.7. The van der Waals surface area contributed by atoms with Gasteiger partial charge in [-0.15, -0.1) is 11.6 Å². The second-order valence-corrected chi connectivity index (χ2v) is 4.73. The Hall–Kier alpha value is -1.69. The third-order valence-corrected chi connectivity index (χ3v) is 3.07. The van der Waals surface area contributed by atoms with Gasteiger partial charge in [0.25, 0.3) is 0 Å². The molecule has 0 atom stereocenters. The molecule has 2 aromatic rings. The van der Waals surface area contributed by atoms with Crippen molar-refractivity contribution in [1.29, 1.82) is 0 Å². The molecule has 2 rings (SSSR count). The van der Waals surface area contributed by atoms with Gasteiger partial charge in [-0.25, -0.2) is 13.8 Å². The zero-order valence-corrected chi connectivity index (χ0v) is 11.7. The Bertz CT molecular complexity index is 642. The van der Waals surface area contributed by atoms with E-state index in [-0.39, 0.29) is 11.4 Å². The van der Waals surface area contributed by atoms with E-state index in [0.29, 0.717) is 36.7 Å². The number of imidazole rings is 1. The lowest BCUT2D eigenvalue weighted by molar-refractivity contribution is -0.118. The first-order chi connectivity index (χ1) is 9.52. The Kier molecular flexibility index (Phi) is 4.54. The van der Waals surface area contributed by atoms with E-state index in [1.54, 1.807) is 4.57 Å². The summed E-state index contributed by atoms with van der Waals surface area (Å²) in [6, 6.07) is 2.04. The number of nitrogens with one attached hydrogen (secondary N) is 1. The molecule has 1 amide bonds. The SMILES string of the molecule is CC(=O)NCCn1c(CCCl)nc2c(F)cc(F)cc21. The van der Waals surface area contributed by atoms with Gasteiger partial charge in [0.05, 0.1) is 5.52 Å². The molecule has 0 aliphatic carbocycles. The van der Waals surface area contributed by atoms with Gasteiger partial charge in [0.2, 0.25) is 5.91 Å². The second kappa shape index (κ2) is 6.17. The molecular weight excluding hydrogens is 288 g/mol. The minimum atomic E-state index is -0.700. The Morgan fingerprint density at radius 3 is 2.85 bits per heavy atom. The maximum absolute atomic E-state index is 13.7. The van der Waals surface area contributed by atoms with Crippen LogP contribution in [-0.2, 0) is 17.8 Å². The van der Waals surface area contributed by atoms with Gasteiger partial charge in [0.15, 0.2) is 5.82 Å². The minimum Gasteiger partial charge on any atom is -0.355 e. The molecule has 1 aromatic heterocycles. The average molecular weight is 302 g/mol. The molecule has 1 N–H and O–H groups in total. The van der Waals surface area contributed by atoms with Crippen LogP contribution in [0.15, 0.2) is 12.1 Å². The molecule has 0 saturated carbocycles. The fourth-order valence-electron chi connectivity index (χ4n) is 2.07. The largest absolute Gasteiger partial charge is 0.355 e. The highest BCUT2D eigenvalue weighted by Gasteiger charge is 2.15. The Morgan fingerprint density at radius 1 is 1.45 bits per heavy atom. The average Bonchev–Trinajstić information content (AvgIpc) is 2.68. The van der Waals surface area contributed by atoms with Crippen LogP contribution in [0.2, 0.25) is 0 Å². The van der Waals surface area contributed by atoms with Crippen molar-refractivity contribution in [1.82, 2.24) is 14.9 Å². The highest BCUT2D eigenvalue weighted by molar-refractivity contribution is 6.17. The highest BCUT2D eigenvalue weighted by atomic mass is 35.5. The van der Waals surface area contributed by atoms with Gasteiger partial charge in [-0.1, -0.05) is 0 Å². The summed E-state index contributed by atoms with van der Waals surface area (Å²) in [5, 5.41) is 2.64. The molecule has 4 nitrogen and oxygen atoms in total. The number of rotatable bonds is 5. The minimum absolute atomic E-state index is 0.120. The summed E-state index contributed by atoms with van der Waals surface area (Å²) in [5.41, 5.74) is 0.488. The number of hydrogen-bond donors (Lipinski definition) is 1. The van der Waals surface area contributed by atoms with Gasteiger partial charge in [-0.2, -0.15) is 0 Å². The van der Waals surface area contributed by atoms with Gasteiger partial charge in [0.1, 0.15) is 17.2 Å². The van der Waals surface area contributed by atoms with E-state index < -0.39 is 11.6 Å². The number of alkyl halides is 1. The van der Waals surface area contributed by atoms with Crippen molar-refractivity contribution in [2.24, 2.45) is 0 Å². The van der Waals surface area contributed by atoms with E-state index in [1.165, 1.54) is 13.0 Å².